The molecule has 2 aromatic heterocycles. The van der Waals surface area contributed by atoms with Crippen molar-refractivity contribution in [3.05, 3.63) is 76.1 Å². The lowest BCUT2D eigenvalue weighted by Gasteiger charge is -2.27. The first-order valence-electron chi connectivity index (χ1n) is 15.8. The van der Waals surface area contributed by atoms with Gasteiger partial charge in [-0.2, -0.15) is 36.0 Å². The molecule has 3 N–H and O–H groups in total. The number of nitrogens with zero attached hydrogens (tertiary/aromatic N) is 5. The molecule has 4 rings (SSSR count). The molecule has 2 heterocycles. The fraction of sp³-hybridized carbons (Fsp3) is 0.353. The van der Waals surface area contributed by atoms with E-state index < -0.39 is 75.5 Å². The summed E-state index contributed by atoms with van der Waals surface area (Å²) in [4.78, 5) is 47.5. The molecule has 2 aromatic carbocycles. The fourth-order valence-electron chi connectivity index (χ4n) is 4.53. The summed E-state index contributed by atoms with van der Waals surface area (Å²) in [5.41, 5.74) is -4.09. The molecule has 20 heteroatoms. The summed E-state index contributed by atoms with van der Waals surface area (Å²) < 4.78 is 94.8. The van der Waals surface area contributed by atoms with E-state index in [1.54, 1.807) is 27.7 Å². The average Bonchev–Trinajstić information content (AvgIpc) is 3.38. The van der Waals surface area contributed by atoms with E-state index in [1.807, 2.05) is 0 Å². The monoisotopic (exact) mass is 784 g/mol. The smallest absolute Gasteiger partial charge is 0.435 e. The van der Waals surface area contributed by atoms with Gasteiger partial charge in [-0.25, -0.2) is 24.3 Å². The highest BCUT2D eigenvalue weighted by atomic mass is 35.5. The number of carbonyl (C=O) groups excluding carboxylic acids is 3. The van der Waals surface area contributed by atoms with E-state index in [4.69, 9.17) is 21.1 Å². The van der Waals surface area contributed by atoms with Gasteiger partial charge in [-0.1, -0.05) is 17.7 Å². The molecule has 4 aromatic rings. The second-order valence-corrected chi connectivity index (χ2v) is 14.1. The van der Waals surface area contributed by atoms with Gasteiger partial charge in [0.1, 0.15) is 16.8 Å². The highest BCUT2D eigenvalue weighted by molar-refractivity contribution is 6.31. The second-order valence-electron chi connectivity index (χ2n) is 13.7. The Hall–Kier alpha value is -5.59. The number of alkyl halides is 6. The number of ether oxygens (including phenoxy) is 2. The van der Waals surface area contributed by atoms with Crippen molar-refractivity contribution in [3.63, 3.8) is 0 Å². The first-order chi connectivity index (χ1) is 24.7. The van der Waals surface area contributed by atoms with Gasteiger partial charge >= 0.3 is 30.6 Å². The molecule has 3 amide bonds. The topological polar surface area (TPSA) is 153 Å². The quantitative estimate of drug-likeness (QED) is 0.162. The minimum atomic E-state index is -5.10. The third kappa shape index (κ3) is 10.5. The van der Waals surface area contributed by atoms with E-state index in [9.17, 15) is 40.7 Å². The van der Waals surface area contributed by atoms with Crippen LogP contribution in [-0.2, 0) is 21.8 Å². The van der Waals surface area contributed by atoms with Crippen molar-refractivity contribution in [2.75, 3.05) is 20.9 Å². The van der Waals surface area contributed by atoms with Crippen LogP contribution in [0, 0.1) is 13.8 Å². The molecule has 13 nitrogen and oxygen atoms in total. The molecule has 0 aliphatic carbocycles. The zero-order valence-electron chi connectivity index (χ0n) is 30.0. The van der Waals surface area contributed by atoms with Crippen molar-refractivity contribution in [1.29, 1.82) is 0 Å². The Bertz CT molecular complexity index is 2070. The normalized spacial score (nSPS) is 12.2. The maximum absolute atomic E-state index is 14.5. The van der Waals surface area contributed by atoms with Crippen LogP contribution in [-0.4, -0.2) is 49.2 Å². The van der Waals surface area contributed by atoms with Gasteiger partial charge in [-0.3, -0.25) is 0 Å². The number of amides is 3. The first kappa shape index (κ1) is 41.2. The SMILES string of the molecule is Cc1ccc(NC(=O)Nc2ccc(Cl)c(C(F)(F)F)c2)cc1Nc1ncc(C(F)(F)F)c(N(C(=O)OC(C)(C)C)c2cc(C)n(C(=O)OC(C)(C)C)n2)n1. The lowest BCUT2D eigenvalue weighted by Crippen LogP contribution is -2.36. The Labute approximate surface area is 310 Å². The largest absolute Gasteiger partial charge is 0.443 e. The predicted octanol–water partition coefficient (Wildman–Crippen LogP) is 10.2. The molecule has 0 aliphatic heterocycles. The van der Waals surface area contributed by atoms with Crippen LogP contribution in [0.1, 0.15) is 63.9 Å². The van der Waals surface area contributed by atoms with Gasteiger partial charge in [0.05, 0.1) is 16.3 Å². The van der Waals surface area contributed by atoms with Crippen LogP contribution >= 0.6 is 11.6 Å². The van der Waals surface area contributed by atoms with E-state index >= 15 is 0 Å². The highest BCUT2D eigenvalue weighted by Gasteiger charge is 2.41. The zero-order valence-corrected chi connectivity index (χ0v) is 30.8. The van der Waals surface area contributed by atoms with Crippen molar-refractivity contribution in [1.82, 2.24) is 19.7 Å². The van der Waals surface area contributed by atoms with Crippen LogP contribution in [0.25, 0.3) is 0 Å². The van der Waals surface area contributed by atoms with Crippen LogP contribution < -0.4 is 20.9 Å². The molecule has 0 spiro atoms. The number of halogens is 7. The average molecular weight is 785 g/mol. The van der Waals surface area contributed by atoms with Crippen LogP contribution in [0.5, 0.6) is 0 Å². The fourth-order valence-corrected chi connectivity index (χ4v) is 4.75. The van der Waals surface area contributed by atoms with Gasteiger partial charge in [0.15, 0.2) is 11.6 Å². The summed E-state index contributed by atoms with van der Waals surface area (Å²) in [5, 5.41) is 11.0. The summed E-state index contributed by atoms with van der Waals surface area (Å²) in [6, 6.07) is 7.38. The maximum atomic E-state index is 14.5. The number of hydrogen-bond donors (Lipinski definition) is 3. The first-order valence-corrected chi connectivity index (χ1v) is 16.2. The van der Waals surface area contributed by atoms with Crippen LogP contribution in [0.3, 0.4) is 0 Å². The van der Waals surface area contributed by atoms with Crippen molar-refractivity contribution < 1.29 is 50.2 Å². The molecule has 0 aliphatic rings. The summed E-state index contributed by atoms with van der Waals surface area (Å²) >= 11 is 5.65. The number of benzene rings is 2. The number of carbonyl (C=O) groups is 3. The number of anilines is 6. The molecule has 290 valence electrons. The van der Waals surface area contributed by atoms with Gasteiger partial charge in [0, 0.05) is 29.3 Å². The molecule has 0 saturated carbocycles. The van der Waals surface area contributed by atoms with Crippen molar-refractivity contribution in [3.8, 4) is 0 Å². The Balaban J connectivity index is 1.72. The molecule has 0 saturated heterocycles. The lowest BCUT2D eigenvalue weighted by molar-refractivity contribution is -0.138. The van der Waals surface area contributed by atoms with Gasteiger partial charge in [-0.15, -0.1) is 5.10 Å². The Morgan fingerprint density at radius 2 is 1.37 bits per heavy atom. The molecular weight excluding hydrogens is 750 g/mol. The van der Waals surface area contributed by atoms with Crippen LogP contribution in [0.4, 0.5) is 75.4 Å². The number of rotatable bonds is 6. The third-order valence-electron chi connectivity index (χ3n) is 6.80. The Morgan fingerprint density at radius 3 is 1.94 bits per heavy atom. The minimum absolute atomic E-state index is 0.106. The predicted molar refractivity (Wildman–Crippen MR) is 188 cm³/mol. The van der Waals surface area contributed by atoms with Gasteiger partial charge in [0.2, 0.25) is 5.95 Å². The van der Waals surface area contributed by atoms with E-state index in [2.05, 4.69) is 31.0 Å². The van der Waals surface area contributed by atoms with Gasteiger partial charge in [0.25, 0.3) is 0 Å². The minimum Gasteiger partial charge on any atom is -0.443 e. The summed E-state index contributed by atoms with van der Waals surface area (Å²) in [5.74, 6) is -1.91. The number of nitrogens with one attached hydrogen (secondary N) is 3. The molecule has 0 radical (unpaired) electrons. The second kappa shape index (κ2) is 15.0. The number of hydrogen-bond acceptors (Lipinski definition) is 9. The summed E-state index contributed by atoms with van der Waals surface area (Å²) in [7, 11) is 0. The van der Waals surface area contributed by atoms with Crippen molar-refractivity contribution in [2.45, 2.75) is 78.9 Å². The summed E-state index contributed by atoms with van der Waals surface area (Å²) in [6.45, 7) is 12.3. The van der Waals surface area contributed by atoms with E-state index in [0.29, 0.717) is 22.7 Å². The number of aryl methyl sites for hydroxylation is 2. The van der Waals surface area contributed by atoms with E-state index in [1.165, 1.54) is 58.0 Å². The number of urea groups is 1. The Morgan fingerprint density at radius 1 is 0.796 bits per heavy atom. The molecule has 0 fully saturated rings. The summed E-state index contributed by atoms with van der Waals surface area (Å²) in [6.07, 6.45) is -11.7. The number of aromatic nitrogens is 4. The van der Waals surface area contributed by atoms with Crippen LogP contribution in [0.15, 0.2) is 48.7 Å². The van der Waals surface area contributed by atoms with E-state index in [0.717, 1.165) is 10.7 Å². The standard InChI is InChI=1S/C34H35ClF6N8O5/c1-17-9-10-20(44-28(50)43-19-11-12-23(35)21(14-19)33(36,37)38)15-24(17)45-27-42-16-22(34(39,40)41)26(46-27)48(29(51)53-31(3,4)5)25-13-18(2)49(47-25)30(52)54-32(6,7)8/h9-16H,1-8H3,(H,42,45,46)(H2,43,44,50). The molecule has 0 unspecified atom stereocenters. The third-order valence-corrected chi connectivity index (χ3v) is 7.13. The molecule has 0 bridgehead atoms. The molecular formula is C34H35ClF6N8O5. The van der Waals surface area contributed by atoms with E-state index in [-0.39, 0.29) is 22.8 Å². The maximum Gasteiger partial charge on any atom is 0.435 e. The lowest BCUT2D eigenvalue weighted by atomic mass is 10.2. The van der Waals surface area contributed by atoms with Gasteiger partial charge in [-0.05, 0) is 91.3 Å². The zero-order chi connectivity index (χ0) is 40.6. The highest BCUT2D eigenvalue weighted by Crippen LogP contribution is 2.40. The molecule has 54 heavy (non-hydrogen) atoms. The van der Waals surface area contributed by atoms with Crippen molar-refractivity contribution in [2.24, 2.45) is 0 Å². The van der Waals surface area contributed by atoms with Crippen LogP contribution in [0.2, 0.25) is 5.02 Å². The van der Waals surface area contributed by atoms with Crippen molar-refractivity contribution >= 4 is 64.5 Å². The Kier molecular flexibility index (Phi) is 11.5. The molecule has 0 atom stereocenters. The van der Waals surface area contributed by atoms with Gasteiger partial charge < -0.3 is 25.4 Å².